The van der Waals surface area contributed by atoms with Crippen LogP contribution in [0.4, 0.5) is 18.9 Å². The number of anilines is 1. The van der Waals surface area contributed by atoms with Crippen molar-refractivity contribution in [2.24, 2.45) is 0 Å². The molecule has 0 radical (unpaired) electrons. The monoisotopic (exact) mass is 657 g/mol. The summed E-state index contributed by atoms with van der Waals surface area (Å²) >= 11 is 12.2. The maximum Gasteiger partial charge on any atom is 0.417 e. The summed E-state index contributed by atoms with van der Waals surface area (Å²) in [7, 11) is -4.57. The molecule has 3 aromatic rings. The van der Waals surface area contributed by atoms with Crippen molar-refractivity contribution in [3.8, 4) is 0 Å². The molecule has 0 aromatic heterocycles. The van der Waals surface area contributed by atoms with Gasteiger partial charge in [-0.25, -0.2) is 8.42 Å². The van der Waals surface area contributed by atoms with Gasteiger partial charge in [0.05, 0.1) is 21.2 Å². The molecular formula is C30H32Cl2F3N3O4S. The van der Waals surface area contributed by atoms with Crippen molar-refractivity contribution < 1.29 is 31.2 Å². The van der Waals surface area contributed by atoms with Gasteiger partial charge in [-0.05, 0) is 61.7 Å². The standard InChI is InChI=1S/C30H32Cl2F3N3O4S/c1-4-16-36-29(40)27(5-2)37(18-21-8-6-7-9-25(21)31)28(39)19-38(43(41,42)23-13-10-20(3)11-14-23)22-12-15-26(32)24(17-22)30(33,34)35/h6-15,17,27H,4-5,16,18-19H2,1-3H3,(H,36,40). The van der Waals surface area contributed by atoms with E-state index < -0.39 is 56.9 Å². The Morgan fingerprint density at radius 2 is 1.60 bits per heavy atom. The largest absolute Gasteiger partial charge is 0.417 e. The van der Waals surface area contributed by atoms with Gasteiger partial charge in [-0.1, -0.05) is 72.9 Å². The molecule has 0 aliphatic rings. The van der Waals surface area contributed by atoms with Crippen LogP contribution in [0.25, 0.3) is 0 Å². The number of hydrogen-bond donors (Lipinski definition) is 1. The number of nitrogens with zero attached hydrogens (tertiary/aromatic N) is 2. The molecule has 1 unspecified atom stereocenters. The third-order valence-electron chi connectivity index (χ3n) is 6.66. The summed E-state index contributed by atoms with van der Waals surface area (Å²) in [6.45, 7) is 4.60. The number of hydrogen-bond acceptors (Lipinski definition) is 4. The molecule has 0 aliphatic carbocycles. The van der Waals surface area contributed by atoms with E-state index in [4.69, 9.17) is 23.2 Å². The minimum absolute atomic E-state index is 0.149. The van der Waals surface area contributed by atoms with Gasteiger partial charge in [-0.2, -0.15) is 13.2 Å². The lowest BCUT2D eigenvalue weighted by Gasteiger charge is -2.33. The second-order valence-electron chi connectivity index (χ2n) is 9.81. The van der Waals surface area contributed by atoms with Crippen LogP contribution in [0.2, 0.25) is 10.0 Å². The number of carbonyl (C=O) groups is 2. The molecule has 13 heteroatoms. The molecule has 0 heterocycles. The quantitative estimate of drug-likeness (QED) is 0.231. The summed E-state index contributed by atoms with van der Waals surface area (Å²) in [5.41, 5.74) is -0.436. The lowest BCUT2D eigenvalue weighted by molar-refractivity contribution is -0.140. The number of alkyl halides is 3. The number of carbonyl (C=O) groups excluding carboxylic acids is 2. The van der Waals surface area contributed by atoms with E-state index in [2.05, 4.69) is 5.32 Å². The molecule has 2 amide bonds. The van der Waals surface area contributed by atoms with Crippen molar-refractivity contribution in [1.29, 1.82) is 0 Å². The maximum absolute atomic E-state index is 14.1. The lowest BCUT2D eigenvalue weighted by atomic mass is 10.1. The third-order valence-corrected chi connectivity index (χ3v) is 9.15. The Labute approximate surface area is 259 Å². The van der Waals surface area contributed by atoms with Crippen LogP contribution in [0.5, 0.6) is 0 Å². The molecule has 0 fully saturated rings. The van der Waals surface area contributed by atoms with Crippen LogP contribution in [-0.4, -0.2) is 44.3 Å². The molecule has 232 valence electrons. The van der Waals surface area contributed by atoms with Crippen LogP contribution in [0.1, 0.15) is 43.4 Å². The predicted molar refractivity (Wildman–Crippen MR) is 162 cm³/mol. The van der Waals surface area contributed by atoms with E-state index >= 15 is 0 Å². The van der Waals surface area contributed by atoms with Crippen molar-refractivity contribution in [3.05, 3.63) is 93.5 Å². The summed E-state index contributed by atoms with van der Waals surface area (Å²) in [6, 6.07) is 13.9. The van der Waals surface area contributed by atoms with E-state index in [9.17, 15) is 31.2 Å². The van der Waals surface area contributed by atoms with Gasteiger partial charge in [0.2, 0.25) is 11.8 Å². The van der Waals surface area contributed by atoms with Crippen molar-refractivity contribution in [2.45, 2.75) is 57.3 Å². The molecule has 1 atom stereocenters. The first kappa shape index (κ1) is 34.2. The summed E-state index contributed by atoms with van der Waals surface area (Å²) in [4.78, 5) is 28.2. The molecule has 0 bridgehead atoms. The number of sulfonamides is 1. The molecule has 1 N–H and O–H groups in total. The Morgan fingerprint density at radius 1 is 0.953 bits per heavy atom. The summed E-state index contributed by atoms with van der Waals surface area (Å²) in [5, 5.41) is 2.45. The molecule has 7 nitrogen and oxygen atoms in total. The van der Waals surface area contributed by atoms with Crippen LogP contribution in [-0.2, 0) is 32.3 Å². The van der Waals surface area contributed by atoms with E-state index in [0.717, 1.165) is 17.7 Å². The van der Waals surface area contributed by atoms with E-state index in [1.54, 1.807) is 38.1 Å². The molecule has 3 rings (SSSR count). The average molecular weight is 659 g/mol. The highest BCUT2D eigenvalue weighted by Crippen LogP contribution is 2.38. The molecular weight excluding hydrogens is 626 g/mol. The number of aryl methyl sites for hydroxylation is 1. The number of nitrogens with one attached hydrogen (secondary N) is 1. The van der Waals surface area contributed by atoms with Crippen LogP contribution in [0.3, 0.4) is 0 Å². The van der Waals surface area contributed by atoms with E-state index in [1.165, 1.54) is 29.2 Å². The summed E-state index contributed by atoms with van der Waals surface area (Å²) in [5.74, 6) is -1.28. The van der Waals surface area contributed by atoms with Gasteiger partial charge < -0.3 is 10.2 Å². The predicted octanol–water partition coefficient (Wildman–Crippen LogP) is 6.85. The summed E-state index contributed by atoms with van der Waals surface area (Å²) < 4.78 is 69.8. The highest BCUT2D eigenvalue weighted by molar-refractivity contribution is 7.92. The van der Waals surface area contributed by atoms with Gasteiger partial charge in [0.25, 0.3) is 10.0 Å². The average Bonchev–Trinajstić information content (AvgIpc) is 2.95. The van der Waals surface area contributed by atoms with Crippen molar-refractivity contribution >= 4 is 50.7 Å². The van der Waals surface area contributed by atoms with Gasteiger partial charge in [0.1, 0.15) is 12.6 Å². The van der Waals surface area contributed by atoms with E-state index in [0.29, 0.717) is 33.9 Å². The number of amides is 2. The topological polar surface area (TPSA) is 86.8 Å². The number of halogens is 5. The van der Waals surface area contributed by atoms with Crippen molar-refractivity contribution in [1.82, 2.24) is 10.2 Å². The maximum atomic E-state index is 14.1. The van der Waals surface area contributed by atoms with Gasteiger partial charge in [0.15, 0.2) is 0 Å². The number of benzene rings is 3. The van der Waals surface area contributed by atoms with Crippen LogP contribution in [0, 0.1) is 6.92 Å². The molecule has 3 aromatic carbocycles. The van der Waals surface area contributed by atoms with Crippen molar-refractivity contribution in [2.75, 3.05) is 17.4 Å². The Hall–Kier alpha value is -3.28. The molecule has 0 saturated carbocycles. The zero-order valence-corrected chi connectivity index (χ0v) is 26.1. The zero-order valence-electron chi connectivity index (χ0n) is 23.8. The fraction of sp³-hybridized carbons (Fsp3) is 0.333. The Morgan fingerprint density at radius 3 is 2.19 bits per heavy atom. The second kappa shape index (κ2) is 14.5. The van der Waals surface area contributed by atoms with Crippen LogP contribution in [0.15, 0.2) is 71.6 Å². The Balaban J connectivity index is 2.15. The zero-order chi connectivity index (χ0) is 31.9. The van der Waals surface area contributed by atoms with Gasteiger partial charge in [-0.3, -0.25) is 13.9 Å². The minimum atomic E-state index is -4.89. The normalized spacial score (nSPS) is 12.5. The molecule has 0 aliphatic heterocycles. The Kier molecular flexibility index (Phi) is 11.5. The second-order valence-corrected chi connectivity index (χ2v) is 12.5. The fourth-order valence-electron chi connectivity index (χ4n) is 4.35. The van der Waals surface area contributed by atoms with E-state index in [-0.39, 0.29) is 17.9 Å². The summed E-state index contributed by atoms with van der Waals surface area (Å²) in [6.07, 6.45) is -4.08. The van der Waals surface area contributed by atoms with Gasteiger partial charge in [-0.15, -0.1) is 0 Å². The SMILES string of the molecule is CCCNC(=O)C(CC)N(Cc1ccccc1Cl)C(=O)CN(c1ccc(Cl)c(C(F)(F)F)c1)S(=O)(=O)c1ccc(C)cc1. The van der Waals surface area contributed by atoms with E-state index in [1.807, 2.05) is 6.92 Å². The molecule has 43 heavy (non-hydrogen) atoms. The Bertz CT molecular complexity index is 1550. The van der Waals surface area contributed by atoms with Crippen LogP contribution < -0.4 is 9.62 Å². The lowest BCUT2D eigenvalue weighted by Crippen LogP contribution is -2.52. The van der Waals surface area contributed by atoms with Crippen molar-refractivity contribution in [3.63, 3.8) is 0 Å². The first-order valence-corrected chi connectivity index (χ1v) is 15.7. The first-order chi connectivity index (χ1) is 20.2. The number of rotatable bonds is 12. The minimum Gasteiger partial charge on any atom is -0.354 e. The van der Waals surface area contributed by atoms with Gasteiger partial charge >= 0.3 is 6.18 Å². The highest BCUT2D eigenvalue weighted by Gasteiger charge is 2.37. The third kappa shape index (κ3) is 8.43. The van der Waals surface area contributed by atoms with Crippen LogP contribution >= 0.6 is 23.2 Å². The fourth-order valence-corrected chi connectivity index (χ4v) is 6.17. The highest BCUT2D eigenvalue weighted by atomic mass is 35.5. The smallest absolute Gasteiger partial charge is 0.354 e. The first-order valence-electron chi connectivity index (χ1n) is 13.5. The molecule has 0 saturated heterocycles. The van der Waals surface area contributed by atoms with Gasteiger partial charge in [0, 0.05) is 18.1 Å². The molecule has 0 spiro atoms.